The lowest BCUT2D eigenvalue weighted by atomic mass is 10.2. The molecule has 4 nitrogen and oxygen atoms in total. The topological polar surface area (TPSA) is 39.9 Å². The standard InChI is InChI=1S/C15H19F2N3O.2C2H6/c1-10(2)20-8-13(15(3,16)17)19-14(20)12-6-5-11(7-18-12)9-21-4;2*1-2/h5-8,10H,9H2,1-4H3;2*1-2H3. The summed E-state index contributed by atoms with van der Waals surface area (Å²) in [4.78, 5) is 8.37. The van der Waals surface area contributed by atoms with Gasteiger partial charge in [0.1, 0.15) is 11.4 Å². The molecule has 25 heavy (non-hydrogen) atoms. The summed E-state index contributed by atoms with van der Waals surface area (Å²) >= 11 is 0. The minimum absolute atomic E-state index is 0.0176. The van der Waals surface area contributed by atoms with Crippen molar-refractivity contribution in [2.75, 3.05) is 7.11 Å². The van der Waals surface area contributed by atoms with E-state index in [-0.39, 0.29) is 11.7 Å². The van der Waals surface area contributed by atoms with Gasteiger partial charge < -0.3 is 9.30 Å². The van der Waals surface area contributed by atoms with Gasteiger partial charge in [-0.15, -0.1) is 0 Å². The summed E-state index contributed by atoms with van der Waals surface area (Å²) in [6.07, 6.45) is 3.06. The zero-order valence-corrected chi connectivity index (χ0v) is 16.6. The number of aromatic nitrogens is 3. The fourth-order valence-corrected chi connectivity index (χ4v) is 2.00. The lowest BCUT2D eigenvalue weighted by Crippen LogP contribution is -2.07. The molecule has 0 N–H and O–H groups in total. The maximum Gasteiger partial charge on any atom is 0.288 e. The highest BCUT2D eigenvalue weighted by Gasteiger charge is 2.30. The third-order valence-electron chi connectivity index (χ3n) is 3.10. The van der Waals surface area contributed by atoms with Crippen molar-refractivity contribution in [1.29, 1.82) is 0 Å². The van der Waals surface area contributed by atoms with Crippen LogP contribution >= 0.6 is 0 Å². The fourth-order valence-electron chi connectivity index (χ4n) is 2.00. The number of ether oxygens (including phenoxy) is 1. The van der Waals surface area contributed by atoms with Gasteiger partial charge in [-0.05, 0) is 25.5 Å². The Morgan fingerprint density at radius 2 is 1.76 bits per heavy atom. The number of hydrogen-bond acceptors (Lipinski definition) is 3. The number of nitrogens with zero attached hydrogens (tertiary/aromatic N) is 3. The van der Waals surface area contributed by atoms with Crippen LogP contribution in [0.25, 0.3) is 11.5 Å². The molecule has 0 radical (unpaired) electrons. The van der Waals surface area contributed by atoms with Crippen LogP contribution in [0.5, 0.6) is 0 Å². The Hall–Kier alpha value is -1.82. The monoisotopic (exact) mass is 355 g/mol. The average molecular weight is 355 g/mol. The molecule has 0 aliphatic heterocycles. The highest BCUT2D eigenvalue weighted by molar-refractivity contribution is 5.51. The summed E-state index contributed by atoms with van der Waals surface area (Å²) in [5.41, 5.74) is 1.25. The van der Waals surface area contributed by atoms with Gasteiger partial charge in [0.2, 0.25) is 0 Å². The first-order valence-corrected chi connectivity index (χ1v) is 8.74. The van der Waals surface area contributed by atoms with E-state index in [1.807, 2.05) is 47.6 Å². The lowest BCUT2D eigenvalue weighted by molar-refractivity contribution is 0.0131. The Kier molecular flexibility index (Phi) is 10.1. The van der Waals surface area contributed by atoms with E-state index in [0.717, 1.165) is 12.5 Å². The molecule has 0 aliphatic rings. The zero-order chi connectivity index (χ0) is 19.6. The van der Waals surface area contributed by atoms with Crippen molar-refractivity contribution in [3.63, 3.8) is 0 Å². The minimum atomic E-state index is -2.97. The first-order chi connectivity index (χ1) is 11.8. The van der Waals surface area contributed by atoms with Crippen molar-refractivity contribution in [3.05, 3.63) is 35.8 Å². The van der Waals surface area contributed by atoms with Gasteiger partial charge in [0.15, 0.2) is 5.82 Å². The predicted octanol–water partition coefficient (Wildman–Crippen LogP) is 5.84. The van der Waals surface area contributed by atoms with Gasteiger partial charge in [0.25, 0.3) is 5.92 Å². The van der Waals surface area contributed by atoms with E-state index in [1.165, 1.54) is 6.20 Å². The van der Waals surface area contributed by atoms with Crippen LogP contribution in [0.2, 0.25) is 0 Å². The van der Waals surface area contributed by atoms with Crippen molar-refractivity contribution < 1.29 is 13.5 Å². The average Bonchev–Trinajstić information content (AvgIpc) is 3.05. The van der Waals surface area contributed by atoms with Crippen LogP contribution < -0.4 is 0 Å². The molecule has 0 amide bonds. The van der Waals surface area contributed by atoms with Crippen molar-refractivity contribution >= 4 is 0 Å². The van der Waals surface area contributed by atoms with Crippen LogP contribution in [0.15, 0.2) is 24.5 Å². The molecule has 0 unspecified atom stereocenters. The van der Waals surface area contributed by atoms with E-state index >= 15 is 0 Å². The van der Waals surface area contributed by atoms with Gasteiger partial charge in [-0.2, -0.15) is 8.78 Å². The summed E-state index contributed by atoms with van der Waals surface area (Å²) in [5.74, 6) is -2.52. The third-order valence-corrected chi connectivity index (χ3v) is 3.10. The zero-order valence-electron chi connectivity index (χ0n) is 16.6. The molecule has 142 valence electrons. The summed E-state index contributed by atoms with van der Waals surface area (Å²) in [6.45, 7) is 13.1. The number of hydrogen-bond donors (Lipinski definition) is 0. The van der Waals surface area contributed by atoms with Crippen molar-refractivity contribution in [3.8, 4) is 11.5 Å². The van der Waals surface area contributed by atoms with E-state index in [9.17, 15) is 8.78 Å². The number of methoxy groups -OCH3 is 1. The van der Waals surface area contributed by atoms with Gasteiger partial charge in [-0.1, -0.05) is 33.8 Å². The molecule has 2 aromatic rings. The molecule has 0 aromatic carbocycles. The summed E-state index contributed by atoms with van der Waals surface area (Å²) in [6, 6.07) is 3.64. The molecule has 2 heterocycles. The van der Waals surface area contributed by atoms with E-state index in [1.54, 1.807) is 23.9 Å². The van der Waals surface area contributed by atoms with Gasteiger partial charge in [-0.3, -0.25) is 4.98 Å². The number of pyridine rings is 1. The molecule has 2 rings (SSSR count). The molecule has 0 fully saturated rings. The molecular weight excluding hydrogens is 324 g/mol. The number of alkyl halides is 2. The summed E-state index contributed by atoms with van der Waals surface area (Å²) in [7, 11) is 1.61. The second-order valence-corrected chi connectivity index (χ2v) is 5.32. The van der Waals surface area contributed by atoms with Gasteiger partial charge >= 0.3 is 0 Å². The second-order valence-electron chi connectivity index (χ2n) is 5.32. The Morgan fingerprint density at radius 3 is 2.16 bits per heavy atom. The van der Waals surface area contributed by atoms with Gasteiger partial charge in [0.05, 0.1) is 6.61 Å². The van der Waals surface area contributed by atoms with Crippen LogP contribution in [0.1, 0.15) is 65.8 Å². The molecule has 0 saturated carbocycles. The molecule has 0 bridgehead atoms. The largest absolute Gasteiger partial charge is 0.380 e. The Morgan fingerprint density at radius 1 is 1.16 bits per heavy atom. The first kappa shape index (κ1) is 23.2. The maximum absolute atomic E-state index is 13.5. The maximum atomic E-state index is 13.5. The normalized spacial score (nSPS) is 10.7. The third kappa shape index (κ3) is 6.53. The molecular formula is C19H31F2N3O. The predicted molar refractivity (Wildman–Crippen MR) is 98.8 cm³/mol. The minimum Gasteiger partial charge on any atom is -0.380 e. The van der Waals surface area contributed by atoms with E-state index in [0.29, 0.717) is 18.1 Å². The van der Waals surface area contributed by atoms with Crippen LogP contribution in [-0.2, 0) is 17.3 Å². The lowest BCUT2D eigenvalue weighted by Gasteiger charge is -2.11. The highest BCUT2D eigenvalue weighted by Crippen LogP contribution is 2.30. The van der Waals surface area contributed by atoms with Crippen LogP contribution in [0, 0.1) is 0 Å². The van der Waals surface area contributed by atoms with E-state index in [4.69, 9.17) is 4.74 Å². The Labute approximate surface area is 150 Å². The smallest absolute Gasteiger partial charge is 0.288 e. The molecule has 2 aromatic heterocycles. The Balaban J connectivity index is 0.00000134. The first-order valence-electron chi connectivity index (χ1n) is 8.74. The van der Waals surface area contributed by atoms with Crippen molar-refractivity contribution in [2.45, 2.75) is 67.0 Å². The molecule has 0 aliphatic carbocycles. The second kappa shape index (κ2) is 10.9. The van der Waals surface area contributed by atoms with Gasteiger partial charge in [-0.25, -0.2) is 4.98 Å². The van der Waals surface area contributed by atoms with Crippen molar-refractivity contribution in [1.82, 2.24) is 14.5 Å². The number of imidazole rings is 1. The number of rotatable bonds is 5. The quantitative estimate of drug-likeness (QED) is 0.677. The molecule has 0 saturated heterocycles. The van der Waals surface area contributed by atoms with Gasteiger partial charge in [0, 0.05) is 32.5 Å². The molecule has 0 spiro atoms. The van der Waals surface area contributed by atoms with Crippen LogP contribution in [0.4, 0.5) is 8.78 Å². The molecule has 0 atom stereocenters. The van der Waals surface area contributed by atoms with Crippen molar-refractivity contribution in [2.24, 2.45) is 0 Å². The van der Waals surface area contributed by atoms with E-state index in [2.05, 4.69) is 9.97 Å². The fraction of sp³-hybridized carbons (Fsp3) is 0.579. The molecule has 6 heteroatoms. The Bertz CT molecular complexity index is 602. The summed E-state index contributed by atoms with van der Waals surface area (Å²) in [5, 5.41) is 0. The summed E-state index contributed by atoms with van der Waals surface area (Å²) < 4.78 is 33.7. The highest BCUT2D eigenvalue weighted by atomic mass is 19.3. The van der Waals surface area contributed by atoms with Crippen LogP contribution in [0.3, 0.4) is 0 Å². The van der Waals surface area contributed by atoms with Crippen LogP contribution in [-0.4, -0.2) is 21.6 Å². The number of halogens is 2. The van der Waals surface area contributed by atoms with E-state index < -0.39 is 5.92 Å². The SMILES string of the molecule is CC.CC.COCc1ccc(-c2nc(C(C)(F)F)cn2C(C)C)nc1.